The predicted molar refractivity (Wildman–Crippen MR) is 88.2 cm³/mol. The van der Waals surface area contributed by atoms with Crippen molar-refractivity contribution in [2.24, 2.45) is 0 Å². The number of fused-ring (bicyclic) bond motifs is 1. The zero-order chi connectivity index (χ0) is 15.5. The number of hydrogen-bond acceptors (Lipinski definition) is 3. The Balaban J connectivity index is 1.77. The smallest absolute Gasteiger partial charge is 0.414 e. The molecule has 0 fully saturated rings. The summed E-state index contributed by atoms with van der Waals surface area (Å²) in [6, 6.07) is 15.3. The van der Waals surface area contributed by atoms with Gasteiger partial charge in [-0.15, -0.1) is 0 Å². The predicted octanol–water partition coefficient (Wildman–Crippen LogP) is 4.37. The fraction of sp³-hybridized carbons (Fsp3) is 0.235. The van der Waals surface area contributed by atoms with E-state index in [1.54, 1.807) is 4.90 Å². The maximum absolute atomic E-state index is 12.4. The van der Waals surface area contributed by atoms with Crippen LogP contribution in [-0.2, 0) is 11.3 Å². The summed E-state index contributed by atoms with van der Waals surface area (Å²) in [7, 11) is 0. The number of ether oxygens (including phenoxy) is 2. The van der Waals surface area contributed by atoms with Gasteiger partial charge in [0.2, 0.25) is 0 Å². The molecule has 1 heterocycles. The van der Waals surface area contributed by atoms with E-state index in [-0.39, 0.29) is 18.8 Å². The SMILES string of the molecule is CC1CN(C(=O)OCc2ccccc2)c2cccc(Br)c2O1. The summed E-state index contributed by atoms with van der Waals surface area (Å²) in [5.41, 5.74) is 1.69. The molecule has 0 N–H and O–H groups in total. The van der Waals surface area contributed by atoms with Crippen LogP contribution in [-0.4, -0.2) is 18.7 Å². The minimum atomic E-state index is -0.363. The molecule has 1 unspecified atom stereocenters. The number of nitrogens with zero attached hydrogens (tertiary/aromatic N) is 1. The van der Waals surface area contributed by atoms with Crippen LogP contribution in [0.4, 0.5) is 10.5 Å². The molecule has 0 saturated heterocycles. The van der Waals surface area contributed by atoms with Crippen LogP contribution in [0.25, 0.3) is 0 Å². The molecule has 0 radical (unpaired) electrons. The second-order valence-electron chi connectivity index (χ2n) is 5.17. The minimum Gasteiger partial charge on any atom is -0.485 e. The number of benzene rings is 2. The van der Waals surface area contributed by atoms with Gasteiger partial charge in [0.25, 0.3) is 0 Å². The Morgan fingerprint density at radius 2 is 2.05 bits per heavy atom. The summed E-state index contributed by atoms with van der Waals surface area (Å²) in [5.74, 6) is 0.679. The van der Waals surface area contributed by atoms with Crippen LogP contribution in [0.5, 0.6) is 5.75 Å². The highest BCUT2D eigenvalue weighted by atomic mass is 79.9. The number of rotatable bonds is 2. The molecule has 1 amide bonds. The van der Waals surface area contributed by atoms with Crippen LogP contribution in [0.2, 0.25) is 0 Å². The monoisotopic (exact) mass is 361 g/mol. The lowest BCUT2D eigenvalue weighted by molar-refractivity contribution is 0.138. The molecule has 0 bridgehead atoms. The molecular weight excluding hydrogens is 346 g/mol. The van der Waals surface area contributed by atoms with Gasteiger partial charge in [-0.05, 0) is 40.5 Å². The zero-order valence-corrected chi connectivity index (χ0v) is 13.7. The Bertz CT molecular complexity index is 675. The van der Waals surface area contributed by atoms with Gasteiger partial charge in [-0.1, -0.05) is 36.4 Å². The van der Waals surface area contributed by atoms with E-state index in [1.807, 2.05) is 55.5 Å². The van der Waals surface area contributed by atoms with Gasteiger partial charge in [-0.3, -0.25) is 4.90 Å². The van der Waals surface area contributed by atoms with Crippen LogP contribution in [0.3, 0.4) is 0 Å². The highest BCUT2D eigenvalue weighted by Crippen LogP contribution is 2.39. The molecule has 114 valence electrons. The molecule has 0 aromatic heterocycles. The number of carbonyl (C=O) groups is 1. The van der Waals surface area contributed by atoms with Gasteiger partial charge in [0.05, 0.1) is 16.7 Å². The highest BCUT2D eigenvalue weighted by molar-refractivity contribution is 9.10. The van der Waals surface area contributed by atoms with Crippen molar-refractivity contribution in [1.82, 2.24) is 0 Å². The average Bonchev–Trinajstić information content (AvgIpc) is 2.54. The fourth-order valence-electron chi connectivity index (χ4n) is 2.39. The molecule has 0 saturated carbocycles. The van der Waals surface area contributed by atoms with Gasteiger partial charge in [0.15, 0.2) is 5.75 Å². The van der Waals surface area contributed by atoms with E-state index in [1.165, 1.54) is 0 Å². The van der Waals surface area contributed by atoms with Crippen LogP contribution in [0.1, 0.15) is 12.5 Å². The summed E-state index contributed by atoms with van der Waals surface area (Å²) in [4.78, 5) is 14.0. The molecular formula is C17H16BrNO3. The minimum absolute atomic E-state index is 0.0875. The first-order chi connectivity index (χ1) is 10.6. The number of anilines is 1. The first-order valence-electron chi connectivity index (χ1n) is 7.08. The van der Waals surface area contributed by atoms with E-state index in [4.69, 9.17) is 9.47 Å². The molecule has 1 atom stereocenters. The van der Waals surface area contributed by atoms with Crippen molar-refractivity contribution in [1.29, 1.82) is 0 Å². The lowest BCUT2D eigenvalue weighted by atomic mass is 10.2. The van der Waals surface area contributed by atoms with Gasteiger partial charge in [-0.25, -0.2) is 4.79 Å². The van der Waals surface area contributed by atoms with Crippen molar-refractivity contribution in [3.63, 3.8) is 0 Å². The normalized spacial score (nSPS) is 16.6. The van der Waals surface area contributed by atoms with Crippen molar-refractivity contribution < 1.29 is 14.3 Å². The molecule has 5 heteroatoms. The van der Waals surface area contributed by atoms with Crippen LogP contribution in [0, 0.1) is 0 Å². The lowest BCUT2D eigenvalue weighted by Gasteiger charge is -2.33. The summed E-state index contributed by atoms with van der Waals surface area (Å²) >= 11 is 3.46. The molecule has 1 aliphatic heterocycles. The first-order valence-corrected chi connectivity index (χ1v) is 7.88. The Labute approximate surface area is 137 Å². The van der Waals surface area contributed by atoms with Gasteiger partial charge in [0, 0.05) is 0 Å². The zero-order valence-electron chi connectivity index (χ0n) is 12.2. The van der Waals surface area contributed by atoms with Crippen molar-refractivity contribution in [3.05, 3.63) is 58.6 Å². The fourth-order valence-corrected chi connectivity index (χ4v) is 2.84. The molecule has 2 aromatic rings. The number of para-hydroxylation sites is 1. The van der Waals surface area contributed by atoms with Gasteiger partial charge >= 0.3 is 6.09 Å². The Hall–Kier alpha value is -2.01. The Morgan fingerprint density at radius 3 is 2.82 bits per heavy atom. The van der Waals surface area contributed by atoms with Crippen LogP contribution >= 0.6 is 15.9 Å². The second kappa shape index (κ2) is 6.40. The van der Waals surface area contributed by atoms with Gasteiger partial charge in [0.1, 0.15) is 12.7 Å². The van der Waals surface area contributed by atoms with Gasteiger partial charge in [-0.2, -0.15) is 0 Å². The molecule has 1 aliphatic rings. The van der Waals surface area contributed by atoms with E-state index in [9.17, 15) is 4.79 Å². The maximum Gasteiger partial charge on any atom is 0.414 e. The number of hydrogen-bond donors (Lipinski definition) is 0. The third-order valence-electron chi connectivity index (χ3n) is 3.42. The topological polar surface area (TPSA) is 38.8 Å². The standard InChI is InChI=1S/C17H16BrNO3/c1-12-10-19(15-9-5-8-14(18)16(15)22-12)17(20)21-11-13-6-3-2-4-7-13/h2-9,12H,10-11H2,1H3. The summed E-state index contributed by atoms with van der Waals surface area (Å²) in [6.07, 6.45) is -0.450. The van der Waals surface area contributed by atoms with E-state index in [0.29, 0.717) is 12.3 Å². The van der Waals surface area contributed by atoms with Crippen molar-refractivity contribution in [2.45, 2.75) is 19.6 Å². The maximum atomic E-state index is 12.4. The Morgan fingerprint density at radius 1 is 1.27 bits per heavy atom. The first kappa shape index (κ1) is 14.9. The molecule has 22 heavy (non-hydrogen) atoms. The highest BCUT2D eigenvalue weighted by Gasteiger charge is 2.29. The largest absolute Gasteiger partial charge is 0.485 e. The number of amides is 1. The third-order valence-corrected chi connectivity index (χ3v) is 4.05. The third kappa shape index (κ3) is 3.09. The molecule has 0 aliphatic carbocycles. The molecule has 0 spiro atoms. The van der Waals surface area contributed by atoms with Crippen molar-refractivity contribution in [2.75, 3.05) is 11.4 Å². The van der Waals surface area contributed by atoms with Crippen molar-refractivity contribution >= 4 is 27.7 Å². The summed E-state index contributed by atoms with van der Waals surface area (Å²) in [6.45, 7) is 2.66. The molecule has 3 rings (SSSR count). The van der Waals surface area contributed by atoms with Crippen LogP contribution < -0.4 is 9.64 Å². The summed E-state index contributed by atoms with van der Waals surface area (Å²) in [5, 5.41) is 0. The molecule has 4 nitrogen and oxygen atoms in total. The van der Waals surface area contributed by atoms with E-state index in [2.05, 4.69) is 15.9 Å². The summed E-state index contributed by atoms with van der Waals surface area (Å²) < 4.78 is 12.1. The van der Waals surface area contributed by atoms with E-state index >= 15 is 0 Å². The van der Waals surface area contributed by atoms with E-state index < -0.39 is 0 Å². The molecule has 2 aromatic carbocycles. The van der Waals surface area contributed by atoms with Crippen molar-refractivity contribution in [3.8, 4) is 5.75 Å². The lowest BCUT2D eigenvalue weighted by Crippen LogP contribution is -2.42. The van der Waals surface area contributed by atoms with Crippen LogP contribution in [0.15, 0.2) is 53.0 Å². The van der Waals surface area contributed by atoms with E-state index in [0.717, 1.165) is 15.7 Å². The average molecular weight is 362 g/mol. The second-order valence-corrected chi connectivity index (χ2v) is 6.02. The number of carbonyl (C=O) groups excluding carboxylic acids is 1. The Kier molecular flexibility index (Phi) is 4.34. The van der Waals surface area contributed by atoms with Gasteiger partial charge < -0.3 is 9.47 Å². The number of halogens is 1. The quantitative estimate of drug-likeness (QED) is 0.796.